The average molecular weight is 315 g/mol. The number of nitrogens with one attached hydrogen (secondary N) is 1. The zero-order valence-electron chi connectivity index (χ0n) is 14.2. The fourth-order valence-electron chi connectivity index (χ4n) is 3.21. The van der Waals surface area contributed by atoms with Gasteiger partial charge in [-0.05, 0) is 32.3 Å². The quantitative estimate of drug-likeness (QED) is 0.887. The maximum absolute atomic E-state index is 5.44. The summed E-state index contributed by atoms with van der Waals surface area (Å²) in [6.45, 7) is 9.62. The molecule has 1 saturated heterocycles. The molecule has 2 aromatic rings. The molecule has 3 rings (SSSR count). The molecule has 0 amide bonds. The summed E-state index contributed by atoms with van der Waals surface area (Å²) in [5.74, 6) is 1.28. The van der Waals surface area contributed by atoms with Gasteiger partial charge in [0.15, 0.2) is 0 Å². The monoisotopic (exact) mass is 315 g/mol. The van der Waals surface area contributed by atoms with Crippen LogP contribution in [0.4, 0.5) is 5.82 Å². The summed E-state index contributed by atoms with van der Waals surface area (Å²) in [5.41, 5.74) is 4.82. The highest BCUT2D eigenvalue weighted by atomic mass is 16.5. The molecule has 1 atom stereocenters. The van der Waals surface area contributed by atoms with Crippen LogP contribution in [0.25, 0.3) is 0 Å². The SMILES string of the molecule is CCc1c(C)nn(CCNc2cc([C@@H]3CCOC3)ncn2)c1C. The average Bonchev–Trinajstić information content (AvgIpc) is 3.17. The van der Waals surface area contributed by atoms with Crippen LogP contribution < -0.4 is 5.32 Å². The van der Waals surface area contributed by atoms with E-state index in [4.69, 9.17) is 4.74 Å². The van der Waals surface area contributed by atoms with Gasteiger partial charge in [0, 0.05) is 30.8 Å². The summed E-state index contributed by atoms with van der Waals surface area (Å²) in [6.07, 6.45) is 3.71. The minimum atomic E-state index is 0.404. The summed E-state index contributed by atoms with van der Waals surface area (Å²) >= 11 is 0. The van der Waals surface area contributed by atoms with Gasteiger partial charge in [0.25, 0.3) is 0 Å². The molecule has 0 saturated carbocycles. The lowest BCUT2D eigenvalue weighted by molar-refractivity contribution is 0.193. The molecule has 1 N–H and O–H groups in total. The first-order valence-corrected chi connectivity index (χ1v) is 8.35. The lowest BCUT2D eigenvalue weighted by atomic mass is 10.1. The van der Waals surface area contributed by atoms with Crippen LogP contribution in [0, 0.1) is 13.8 Å². The molecule has 0 bridgehead atoms. The normalized spacial score (nSPS) is 17.6. The predicted octanol–water partition coefficient (Wildman–Crippen LogP) is 2.47. The fraction of sp³-hybridized carbons (Fsp3) is 0.588. The van der Waals surface area contributed by atoms with Gasteiger partial charge in [-0.3, -0.25) is 4.68 Å². The van der Waals surface area contributed by atoms with Crippen LogP contribution in [0.5, 0.6) is 0 Å². The Morgan fingerprint density at radius 2 is 2.22 bits per heavy atom. The second-order valence-corrected chi connectivity index (χ2v) is 6.04. The van der Waals surface area contributed by atoms with Crippen LogP contribution in [0.1, 0.15) is 41.9 Å². The Balaban J connectivity index is 1.59. The molecule has 23 heavy (non-hydrogen) atoms. The van der Waals surface area contributed by atoms with E-state index in [1.54, 1.807) is 6.33 Å². The summed E-state index contributed by atoms with van der Waals surface area (Å²) in [4.78, 5) is 8.69. The number of rotatable bonds is 6. The zero-order valence-corrected chi connectivity index (χ0v) is 14.2. The van der Waals surface area contributed by atoms with Crippen molar-refractivity contribution in [3.05, 3.63) is 35.0 Å². The molecule has 6 heteroatoms. The van der Waals surface area contributed by atoms with Gasteiger partial charge in [0.05, 0.1) is 24.5 Å². The van der Waals surface area contributed by atoms with E-state index >= 15 is 0 Å². The number of aryl methyl sites for hydroxylation is 1. The van der Waals surface area contributed by atoms with Crippen molar-refractivity contribution in [2.45, 2.75) is 46.1 Å². The number of hydrogen-bond donors (Lipinski definition) is 1. The first kappa shape index (κ1) is 15.9. The zero-order chi connectivity index (χ0) is 16.2. The van der Waals surface area contributed by atoms with Crippen LogP contribution in [0.3, 0.4) is 0 Å². The summed E-state index contributed by atoms with van der Waals surface area (Å²) < 4.78 is 7.51. The minimum Gasteiger partial charge on any atom is -0.381 e. The maximum Gasteiger partial charge on any atom is 0.129 e. The van der Waals surface area contributed by atoms with Gasteiger partial charge in [-0.15, -0.1) is 0 Å². The molecule has 124 valence electrons. The molecule has 2 aromatic heterocycles. The standard InChI is InChI=1S/C17H25N5O/c1-4-15-12(2)21-22(13(15)3)7-6-18-17-9-16(19-11-20-17)14-5-8-23-10-14/h9,11,14H,4-8,10H2,1-3H3,(H,18,19,20)/t14-/m1/s1. The van der Waals surface area contributed by atoms with Gasteiger partial charge in [-0.2, -0.15) is 5.10 Å². The number of hydrogen-bond acceptors (Lipinski definition) is 5. The molecule has 1 fully saturated rings. The highest BCUT2D eigenvalue weighted by molar-refractivity contribution is 5.36. The van der Waals surface area contributed by atoms with Crippen LogP contribution in [-0.4, -0.2) is 39.5 Å². The van der Waals surface area contributed by atoms with Gasteiger partial charge >= 0.3 is 0 Å². The van der Waals surface area contributed by atoms with E-state index < -0.39 is 0 Å². The van der Waals surface area contributed by atoms with Crippen molar-refractivity contribution in [2.24, 2.45) is 0 Å². The van der Waals surface area contributed by atoms with E-state index in [2.05, 4.69) is 45.8 Å². The Morgan fingerprint density at radius 3 is 2.91 bits per heavy atom. The van der Waals surface area contributed by atoms with Crippen molar-refractivity contribution in [3.8, 4) is 0 Å². The summed E-state index contributed by atoms with van der Waals surface area (Å²) in [7, 11) is 0. The topological polar surface area (TPSA) is 64.9 Å². The van der Waals surface area contributed by atoms with E-state index in [0.717, 1.165) is 56.4 Å². The van der Waals surface area contributed by atoms with Crippen LogP contribution in [0.2, 0.25) is 0 Å². The molecule has 0 spiro atoms. The van der Waals surface area contributed by atoms with Crippen molar-refractivity contribution >= 4 is 5.82 Å². The third-order valence-electron chi connectivity index (χ3n) is 4.55. The number of ether oxygens (including phenoxy) is 1. The Morgan fingerprint density at radius 1 is 1.35 bits per heavy atom. The van der Waals surface area contributed by atoms with Gasteiger partial charge in [0.2, 0.25) is 0 Å². The molecule has 0 radical (unpaired) electrons. The third-order valence-corrected chi connectivity index (χ3v) is 4.55. The Bertz CT molecular complexity index is 661. The van der Waals surface area contributed by atoms with Crippen molar-refractivity contribution < 1.29 is 4.74 Å². The molecule has 1 aliphatic rings. The molecular formula is C17H25N5O. The maximum atomic E-state index is 5.44. The summed E-state index contributed by atoms with van der Waals surface area (Å²) in [5, 5.41) is 8.00. The lowest BCUT2D eigenvalue weighted by Crippen LogP contribution is -2.14. The first-order valence-electron chi connectivity index (χ1n) is 8.35. The molecule has 0 unspecified atom stereocenters. The van der Waals surface area contributed by atoms with Crippen LogP contribution in [0.15, 0.2) is 12.4 Å². The van der Waals surface area contributed by atoms with Gasteiger partial charge in [-0.25, -0.2) is 9.97 Å². The highest BCUT2D eigenvalue weighted by Gasteiger charge is 2.19. The molecule has 3 heterocycles. The Labute approximate surface area is 137 Å². The third kappa shape index (κ3) is 3.52. The van der Waals surface area contributed by atoms with Gasteiger partial charge in [0.1, 0.15) is 12.1 Å². The van der Waals surface area contributed by atoms with E-state index in [1.807, 2.05) is 6.07 Å². The summed E-state index contributed by atoms with van der Waals surface area (Å²) in [6, 6.07) is 2.04. The number of aromatic nitrogens is 4. The Hall–Kier alpha value is -1.95. The van der Waals surface area contributed by atoms with E-state index in [1.165, 1.54) is 11.3 Å². The van der Waals surface area contributed by atoms with E-state index in [9.17, 15) is 0 Å². The molecular weight excluding hydrogens is 290 g/mol. The molecule has 0 aliphatic carbocycles. The minimum absolute atomic E-state index is 0.404. The second kappa shape index (κ2) is 7.08. The largest absolute Gasteiger partial charge is 0.381 e. The number of anilines is 1. The molecule has 1 aliphatic heterocycles. The van der Waals surface area contributed by atoms with Gasteiger partial charge < -0.3 is 10.1 Å². The lowest BCUT2D eigenvalue weighted by Gasteiger charge is -2.10. The Kier molecular flexibility index (Phi) is 4.91. The van der Waals surface area contributed by atoms with Crippen molar-refractivity contribution in [1.82, 2.24) is 19.7 Å². The van der Waals surface area contributed by atoms with Gasteiger partial charge in [-0.1, -0.05) is 6.92 Å². The van der Waals surface area contributed by atoms with E-state index in [-0.39, 0.29) is 0 Å². The van der Waals surface area contributed by atoms with Crippen LogP contribution in [-0.2, 0) is 17.7 Å². The molecule has 0 aromatic carbocycles. The second-order valence-electron chi connectivity index (χ2n) is 6.04. The molecule has 6 nitrogen and oxygen atoms in total. The first-order chi connectivity index (χ1) is 11.2. The fourth-order valence-corrected chi connectivity index (χ4v) is 3.21. The smallest absolute Gasteiger partial charge is 0.129 e. The van der Waals surface area contributed by atoms with Crippen LogP contribution >= 0.6 is 0 Å². The van der Waals surface area contributed by atoms with Crippen molar-refractivity contribution in [1.29, 1.82) is 0 Å². The van der Waals surface area contributed by atoms with E-state index in [0.29, 0.717) is 5.92 Å². The number of nitrogens with zero attached hydrogens (tertiary/aromatic N) is 4. The highest BCUT2D eigenvalue weighted by Crippen LogP contribution is 2.24. The van der Waals surface area contributed by atoms with Crippen molar-refractivity contribution in [3.63, 3.8) is 0 Å². The van der Waals surface area contributed by atoms with Crippen molar-refractivity contribution in [2.75, 3.05) is 25.1 Å². The predicted molar refractivity (Wildman–Crippen MR) is 89.8 cm³/mol.